The monoisotopic (exact) mass is 532 g/mol. The molecule has 0 fully saturated rings. The van der Waals surface area contributed by atoms with Crippen molar-refractivity contribution in [2.75, 3.05) is 4.90 Å². The summed E-state index contributed by atoms with van der Waals surface area (Å²) in [6.07, 6.45) is 11.1. The molecular formula is C31H30F2N2O4. The van der Waals surface area contributed by atoms with Crippen LogP contribution in [0.5, 0.6) is 0 Å². The van der Waals surface area contributed by atoms with Crippen molar-refractivity contribution in [3.05, 3.63) is 101 Å². The molecule has 2 aromatic rings. The van der Waals surface area contributed by atoms with E-state index in [0.29, 0.717) is 36.8 Å². The lowest BCUT2D eigenvalue weighted by Gasteiger charge is -2.35. The van der Waals surface area contributed by atoms with Gasteiger partial charge >= 0.3 is 5.97 Å². The Morgan fingerprint density at radius 3 is 2.59 bits per heavy atom. The molecule has 6 nitrogen and oxygen atoms in total. The van der Waals surface area contributed by atoms with Crippen molar-refractivity contribution in [1.82, 2.24) is 5.32 Å². The molecule has 0 saturated carbocycles. The zero-order valence-corrected chi connectivity index (χ0v) is 21.4. The third kappa shape index (κ3) is 5.85. The second-order valence-electron chi connectivity index (χ2n) is 10.3. The first-order valence-corrected chi connectivity index (χ1v) is 13.3. The summed E-state index contributed by atoms with van der Waals surface area (Å²) in [4.78, 5) is 39.8. The Kier molecular flexibility index (Phi) is 7.72. The Bertz CT molecular complexity index is 1380. The van der Waals surface area contributed by atoms with Crippen molar-refractivity contribution >= 4 is 23.3 Å². The molecule has 0 saturated heterocycles. The van der Waals surface area contributed by atoms with E-state index in [1.165, 1.54) is 24.3 Å². The predicted molar refractivity (Wildman–Crippen MR) is 143 cm³/mol. The lowest BCUT2D eigenvalue weighted by Crippen LogP contribution is -2.41. The number of nitrogens with one attached hydrogen (secondary N) is 1. The summed E-state index contributed by atoms with van der Waals surface area (Å²) in [6, 6.07) is 10.1. The summed E-state index contributed by atoms with van der Waals surface area (Å²) in [5.41, 5.74) is 3.62. The molecule has 1 aliphatic heterocycles. The summed E-state index contributed by atoms with van der Waals surface area (Å²) in [6.45, 7) is 0. The second-order valence-corrected chi connectivity index (χ2v) is 10.3. The molecule has 5 rings (SSSR count). The number of halogens is 2. The number of Topliss-reactive ketones (excluding diaryl/α,β-unsaturated/α-hetero) is 1. The highest BCUT2D eigenvalue weighted by Crippen LogP contribution is 2.35. The normalized spacial score (nSPS) is 21.9. The summed E-state index contributed by atoms with van der Waals surface area (Å²) < 4.78 is 27.3. The van der Waals surface area contributed by atoms with Gasteiger partial charge in [0.15, 0.2) is 5.78 Å². The van der Waals surface area contributed by atoms with Crippen LogP contribution in [-0.4, -0.2) is 28.8 Å². The Balaban J connectivity index is 1.37. The second kappa shape index (κ2) is 11.4. The summed E-state index contributed by atoms with van der Waals surface area (Å²) in [5, 5.41) is 12.0. The topological polar surface area (TPSA) is 86.7 Å². The fourth-order valence-electron chi connectivity index (χ4n) is 5.63. The summed E-state index contributed by atoms with van der Waals surface area (Å²) in [5.74, 6) is -3.19. The minimum absolute atomic E-state index is 0.0573. The number of hydrogen-bond acceptors (Lipinski definition) is 4. The van der Waals surface area contributed by atoms with Gasteiger partial charge in [-0.05, 0) is 79.6 Å². The van der Waals surface area contributed by atoms with Crippen molar-refractivity contribution < 1.29 is 28.3 Å². The van der Waals surface area contributed by atoms with Gasteiger partial charge in [0.2, 0.25) is 5.91 Å². The lowest BCUT2D eigenvalue weighted by molar-refractivity contribution is -0.137. The fourth-order valence-corrected chi connectivity index (χ4v) is 5.63. The van der Waals surface area contributed by atoms with E-state index in [2.05, 4.69) is 5.32 Å². The number of carboxylic acid groups (broad SMARTS) is 1. The van der Waals surface area contributed by atoms with Crippen LogP contribution >= 0.6 is 0 Å². The van der Waals surface area contributed by atoms with Gasteiger partial charge in [0.25, 0.3) is 0 Å². The minimum atomic E-state index is -0.982. The van der Waals surface area contributed by atoms with Gasteiger partial charge in [-0.15, -0.1) is 0 Å². The molecule has 202 valence electrons. The molecular weight excluding hydrogens is 502 g/mol. The van der Waals surface area contributed by atoms with E-state index in [4.69, 9.17) is 5.11 Å². The van der Waals surface area contributed by atoms with Crippen molar-refractivity contribution in [3.8, 4) is 0 Å². The van der Waals surface area contributed by atoms with Gasteiger partial charge in [0, 0.05) is 29.5 Å². The highest BCUT2D eigenvalue weighted by Gasteiger charge is 2.36. The molecule has 2 aromatic carbocycles. The van der Waals surface area contributed by atoms with Crippen molar-refractivity contribution in [2.45, 2.75) is 57.0 Å². The maximum absolute atomic E-state index is 13.7. The van der Waals surface area contributed by atoms with Gasteiger partial charge in [-0.25, -0.2) is 8.78 Å². The first-order chi connectivity index (χ1) is 18.8. The third-order valence-corrected chi connectivity index (χ3v) is 7.61. The average molecular weight is 533 g/mol. The fraction of sp³-hybridized carbons (Fsp3) is 0.323. The molecule has 1 amide bonds. The maximum atomic E-state index is 13.7. The number of carbonyl (C=O) groups excluding carboxylic acids is 2. The Labute approximate surface area is 225 Å². The number of anilines is 1. The van der Waals surface area contributed by atoms with Crippen LogP contribution in [0.3, 0.4) is 0 Å². The van der Waals surface area contributed by atoms with Crippen LogP contribution in [0.25, 0.3) is 0 Å². The molecule has 0 radical (unpaired) electrons. The van der Waals surface area contributed by atoms with Crippen LogP contribution < -0.4 is 10.2 Å². The number of carboxylic acids is 1. The summed E-state index contributed by atoms with van der Waals surface area (Å²) in [7, 11) is 0. The third-order valence-electron chi connectivity index (χ3n) is 7.61. The Hall–Kier alpha value is -4.07. The number of aliphatic carboxylic acids is 1. The molecule has 2 N–H and O–H groups in total. The van der Waals surface area contributed by atoms with Crippen molar-refractivity contribution in [3.63, 3.8) is 0 Å². The Morgan fingerprint density at radius 2 is 1.82 bits per heavy atom. The standard InChI is InChI=1S/C31H30F2N2O4/c32-21-9-12-23(13-10-21)35-18-20-8-14-26(30(38)27(20)17-24(35)5-1-2-7-29(36)37)31(39)34-28-6-3-4-19-16-22(33)11-15-25(19)28/h8-18,24,26,28H,1-7H2,(H,34,39)(H,36,37)/t24-,26?,28?/m1/s1. The molecule has 2 aliphatic carbocycles. The highest BCUT2D eigenvalue weighted by molar-refractivity contribution is 6.15. The number of aryl methyl sites for hydroxylation is 1. The molecule has 39 heavy (non-hydrogen) atoms. The van der Waals surface area contributed by atoms with Crippen LogP contribution in [0.4, 0.5) is 14.5 Å². The van der Waals surface area contributed by atoms with Crippen LogP contribution in [0, 0.1) is 17.6 Å². The van der Waals surface area contributed by atoms with E-state index in [1.807, 2.05) is 17.2 Å². The number of carbonyl (C=O) groups is 3. The van der Waals surface area contributed by atoms with Crippen molar-refractivity contribution in [2.24, 2.45) is 5.92 Å². The number of fused-ring (bicyclic) bond motifs is 2. The average Bonchev–Trinajstić information content (AvgIpc) is 2.91. The van der Waals surface area contributed by atoms with E-state index in [1.54, 1.807) is 30.4 Å². The number of hydrogen-bond donors (Lipinski definition) is 2. The summed E-state index contributed by atoms with van der Waals surface area (Å²) >= 11 is 0. The number of allylic oxidation sites excluding steroid dienone is 3. The zero-order chi connectivity index (χ0) is 27.5. The van der Waals surface area contributed by atoms with Crippen molar-refractivity contribution in [1.29, 1.82) is 0 Å². The van der Waals surface area contributed by atoms with Gasteiger partial charge in [-0.1, -0.05) is 30.7 Å². The van der Waals surface area contributed by atoms with Crippen LogP contribution in [0.15, 0.2) is 78.0 Å². The first-order valence-electron chi connectivity index (χ1n) is 13.3. The van der Waals surface area contributed by atoms with Crippen LogP contribution in [0.1, 0.15) is 55.7 Å². The molecule has 0 spiro atoms. The smallest absolute Gasteiger partial charge is 0.303 e. The molecule has 3 aliphatic rings. The number of unbranched alkanes of at least 4 members (excludes halogenated alkanes) is 1. The number of ketones is 1. The number of benzene rings is 2. The predicted octanol–water partition coefficient (Wildman–Crippen LogP) is 5.56. The molecule has 1 heterocycles. The lowest BCUT2D eigenvalue weighted by atomic mass is 9.82. The zero-order valence-electron chi connectivity index (χ0n) is 21.4. The Morgan fingerprint density at radius 1 is 1.05 bits per heavy atom. The SMILES string of the molecule is O=C(O)CCCC[C@@H]1C=C2C(=O)C(C(=O)NC3CCCc4cc(F)ccc43)C=CC2=CN1c1ccc(F)cc1. The van der Waals surface area contributed by atoms with E-state index in [9.17, 15) is 23.2 Å². The van der Waals surface area contributed by atoms with Gasteiger partial charge in [0.05, 0.1) is 12.1 Å². The van der Waals surface area contributed by atoms with Crippen LogP contribution in [0.2, 0.25) is 0 Å². The number of nitrogens with zero attached hydrogens (tertiary/aromatic N) is 1. The largest absolute Gasteiger partial charge is 0.481 e. The molecule has 2 unspecified atom stereocenters. The number of rotatable bonds is 8. The quantitative estimate of drug-likeness (QED) is 0.344. The minimum Gasteiger partial charge on any atom is -0.481 e. The van der Waals surface area contributed by atoms with E-state index >= 15 is 0 Å². The van der Waals surface area contributed by atoms with Gasteiger partial charge in [-0.3, -0.25) is 14.4 Å². The molecule has 0 aromatic heterocycles. The first kappa shape index (κ1) is 26.5. The van der Waals surface area contributed by atoms with Gasteiger partial charge in [-0.2, -0.15) is 0 Å². The van der Waals surface area contributed by atoms with Crippen LogP contribution in [-0.2, 0) is 20.8 Å². The maximum Gasteiger partial charge on any atom is 0.303 e. The van der Waals surface area contributed by atoms with Gasteiger partial charge in [0.1, 0.15) is 17.6 Å². The number of amides is 1. The van der Waals surface area contributed by atoms with E-state index < -0.39 is 17.8 Å². The molecule has 0 bridgehead atoms. The van der Waals surface area contributed by atoms with Gasteiger partial charge < -0.3 is 15.3 Å². The highest BCUT2D eigenvalue weighted by atomic mass is 19.1. The molecule has 8 heteroatoms. The van der Waals surface area contributed by atoms with E-state index in [0.717, 1.165) is 29.7 Å². The van der Waals surface area contributed by atoms with E-state index in [-0.39, 0.29) is 35.9 Å². The molecule has 3 atom stereocenters.